The summed E-state index contributed by atoms with van der Waals surface area (Å²) in [5.41, 5.74) is 0.442. The smallest absolute Gasteiger partial charge is 0.256 e. The fourth-order valence-electron chi connectivity index (χ4n) is 2.47. The summed E-state index contributed by atoms with van der Waals surface area (Å²) in [6, 6.07) is 3.42. The second-order valence-electron chi connectivity index (χ2n) is 6.03. The molecular weight excluding hydrogens is 338 g/mol. The van der Waals surface area contributed by atoms with Crippen LogP contribution in [0.4, 0.5) is 0 Å². The van der Waals surface area contributed by atoms with Crippen molar-refractivity contribution >= 4 is 17.7 Å². The fraction of sp³-hybridized carbons (Fsp3) is 0.529. The Morgan fingerprint density at radius 3 is 2.88 bits per heavy atom. The Morgan fingerprint density at radius 2 is 2.20 bits per heavy atom. The van der Waals surface area contributed by atoms with E-state index in [0.29, 0.717) is 23.9 Å². The molecule has 2 aromatic heterocycles. The number of methoxy groups -OCH3 is 1. The maximum absolute atomic E-state index is 12.2. The van der Waals surface area contributed by atoms with Crippen molar-refractivity contribution in [3.8, 4) is 5.88 Å². The number of rotatable bonds is 9. The Kier molecular flexibility index (Phi) is 7.24. The van der Waals surface area contributed by atoms with Gasteiger partial charge >= 0.3 is 0 Å². The highest BCUT2D eigenvalue weighted by Crippen LogP contribution is 2.17. The highest BCUT2D eigenvalue weighted by Gasteiger charge is 2.14. The summed E-state index contributed by atoms with van der Waals surface area (Å²) in [6.45, 7) is 5.81. The van der Waals surface area contributed by atoms with E-state index >= 15 is 0 Å². The molecule has 0 aliphatic carbocycles. The van der Waals surface area contributed by atoms with Crippen LogP contribution in [0.3, 0.4) is 0 Å². The molecular formula is C17H25N5O2S. The summed E-state index contributed by atoms with van der Waals surface area (Å²) >= 11 is 1.60. The molecule has 0 bridgehead atoms. The second kappa shape index (κ2) is 9.41. The monoisotopic (exact) mass is 363 g/mol. The Morgan fingerprint density at radius 1 is 1.40 bits per heavy atom. The summed E-state index contributed by atoms with van der Waals surface area (Å²) in [4.78, 5) is 16.3. The van der Waals surface area contributed by atoms with Crippen molar-refractivity contribution in [1.29, 1.82) is 0 Å². The van der Waals surface area contributed by atoms with Gasteiger partial charge in [-0.2, -0.15) is 0 Å². The van der Waals surface area contributed by atoms with Gasteiger partial charge in [-0.25, -0.2) is 4.98 Å². The molecule has 1 N–H and O–H groups in total. The lowest BCUT2D eigenvalue weighted by Gasteiger charge is -2.12. The van der Waals surface area contributed by atoms with Crippen LogP contribution in [0.2, 0.25) is 0 Å². The van der Waals surface area contributed by atoms with E-state index in [1.165, 1.54) is 7.11 Å². The van der Waals surface area contributed by atoms with Crippen LogP contribution >= 0.6 is 11.8 Å². The average Bonchev–Trinajstić information content (AvgIpc) is 2.99. The first kappa shape index (κ1) is 19.2. The van der Waals surface area contributed by atoms with Crippen molar-refractivity contribution in [1.82, 2.24) is 25.1 Å². The van der Waals surface area contributed by atoms with Gasteiger partial charge in [-0.05, 0) is 30.7 Å². The van der Waals surface area contributed by atoms with Crippen LogP contribution in [0.25, 0.3) is 0 Å². The number of aromatic nitrogens is 4. The third-order valence-electron chi connectivity index (χ3n) is 3.60. The number of carbonyl (C=O) groups excluding carboxylic acids is 1. The highest BCUT2D eigenvalue weighted by molar-refractivity contribution is 7.98. The van der Waals surface area contributed by atoms with Crippen molar-refractivity contribution in [2.75, 3.05) is 19.9 Å². The minimum Gasteiger partial charge on any atom is -0.480 e. The van der Waals surface area contributed by atoms with E-state index in [4.69, 9.17) is 4.74 Å². The number of hydrogen-bond donors (Lipinski definition) is 1. The van der Waals surface area contributed by atoms with Crippen LogP contribution in [-0.4, -0.2) is 45.6 Å². The van der Waals surface area contributed by atoms with Gasteiger partial charge < -0.3 is 14.6 Å². The lowest BCUT2D eigenvalue weighted by molar-refractivity contribution is 0.0949. The summed E-state index contributed by atoms with van der Waals surface area (Å²) in [5, 5.41) is 12.4. The van der Waals surface area contributed by atoms with Gasteiger partial charge in [0.1, 0.15) is 11.4 Å². The Hall–Kier alpha value is -2.09. The molecule has 1 amide bonds. The van der Waals surface area contributed by atoms with E-state index in [1.807, 2.05) is 6.26 Å². The van der Waals surface area contributed by atoms with Crippen LogP contribution in [0, 0.1) is 5.92 Å². The van der Waals surface area contributed by atoms with Gasteiger partial charge in [0.05, 0.1) is 7.11 Å². The number of thioether (sulfide) groups is 1. The Labute approximate surface area is 152 Å². The van der Waals surface area contributed by atoms with E-state index in [-0.39, 0.29) is 5.91 Å². The molecule has 0 unspecified atom stereocenters. The maximum atomic E-state index is 12.2. The zero-order valence-corrected chi connectivity index (χ0v) is 16.0. The molecule has 0 fully saturated rings. The van der Waals surface area contributed by atoms with E-state index in [0.717, 1.165) is 30.4 Å². The number of hydrogen-bond acceptors (Lipinski definition) is 6. The summed E-state index contributed by atoms with van der Waals surface area (Å²) < 4.78 is 7.28. The first-order valence-corrected chi connectivity index (χ1v) is 9.52. The standard InChI is InChI=1S/C17H25N5O2S/c1-12(2)11-22-14(20-21-17(22)25-4)8-6-9-18-15(23)13-7-5-10-19-16(13)24-3/h5,7,10,12H,6,8-9,11H2,1-4H3,(H,18,23). The van der Waals surface area contributed by atoms with E-state index in [2.05, 4.69) is 38.9 Å². The van der Waals surface area contributed by atoms with Crippen LogP contribution in [0.15, 0.2) is 23.5 Å². The molecule has 0 aromatic carbocycles. The molecule has 0 spiro atoms. The number of nitrogens with one attached hydrogen (secondary N) is 1. The Bertz CT molecular complexity index is 702. The van der Waals surface area contributed by atoms with Crippen molar-refractivity contribution in [2.45, 2.75) is 38.4 Å². The predicted molar refractivity (Wildman–Crippen MR) is 98.1 cm³/mol. The molecule has 2 heterocycles. The normalized spacial score (nSPS) is 10.9. The zero-order valence-electron chi connectivity index (χ0n) is 15.2. The summed E-state index contributed by atoms with van der Waals surface area (Å²) in [5.74, 6) is 1.64. The van der Waals surface area contributed by atoms with Gasteiger partial charge in [0.15, 0.2) is 5.16 Å². The first-order valence-electron chi connectivity index (χ1n) is 8.30. The molecule has 8 heteroatoms. The molecule has 0 saturated heterocycles. The lowest BCUT2D eigenvalue weighted by atomic mass is 10.2. The predicted octanol–water partition coefficient (Wildman–Crippen LogP) is 2.42. The van der Waals surface area contributed by atoms with Crippen LogP contribution < -0.4 is 10.1 Å². The number of pyridine rings is 1. The van der Waals surface area contributed by atoms with E-state index in [1.54, 1.807) is 30.1 Å². The molecule has 136 valence electrons. The molecule has 7 nitrogen and oxygen atoms in total. The van der Waals surface area contributed by atoms with Crippen molar-refractivity contribution < 1.29 is 9.53 Å². The van der Waals surface area contributed by atoms with Crippen LogP contribution in [0.1, 0.15) is 36.5 Å². The van der Waals surface area contributed by atoms with Gasteiger partial charge in [0, 0.05) is 25.7 Å². The van der Waals surface area contributed by atoms with Crippen LogP contribution in [0.5, 0.6) is 5.88 Å². The molecule has 0 radical (unpaired) electrons. The lowest BCUT2D eigenvalue weighted by Crippen LogP contribution is -2.25. The number of nitrogens with zero attached hydrogens (tertiary/aromatic N) is 4. The number of amides is 1. The highest BCUT2D eigenvalue weighted by atomic mass is 32.2. The largest absolute Gasteiger partial charge is 0.480 e. The molecule has 25 heavy (non-hydrogen) atoms. The molecule has 0 saturated carbocycles. The third-order valence-corrected chi connectivity index (χ3v) is 4.26. The first-order chi connectivity index (χ1) is 12.1. The number of aryl methyl sites for hydroxylation is 1. The van der Waals surface area contributed by atoms with Crippen molar-refractivity contribution in [3.63, 3.8) is 0 Å². The minimum atomic E-state index is -0.182. The van der Waals surface area contributed by atoms with E-state index in [9.17, 15) is 4.79 Å². The van der Waals surface area contributed by atoms with Crippen molar-refractivity contribution in [3.05, 3.63) is 29.7 Å². The second-order valence-corrected chi connectivity index (χ2v) is 6.80. The summed E-state index contributed by atoms with van der Waals surface area (Å²) in [6.07, 6.45) is 5.16. The third kappa shape index (κ3) is 5.19. The quantitative estimate of drug-likeness (QED) is 0.544. The van der Waals surface area contributed by atoms with Gasteiger partial charge in [-0.15, -0.1) is 10.2 Å². The zero-order chi connectivity index (χ0) is 18.2. The summed E-state index contributed by atoms with van der Waals surface area (Å²) in [7, 11) is 1.50. The SMILES string of the molecule is COc1ncccc1C(=O)NCCCc1nnc(SC)n1CC(C)C. The van der Waals surface area contributed by atoms with Crippen molar-refractivity contribution in [2.24, 2.45) is 5.92 Å². The molecule has 2 aromatic rings. The maximum Gasteiger partial charge on any atom is 0.256 e. The minimum absolute atomic E-state index is 0.182. The number of carbonyl (C=O) groups is 1. The topological polar surface area (TPSA) is 81.9 Å². The van der Waals surface area contributed by atoms with Gasteiger partial charge in [0.2, 0.25) is 5.88 Å². The Balaban J connectivity index is 1.89. The molecule has 0 atom stereocenters. The van der Waals surface area contributed by atoms with Gasteiger partial charge in [-0.3, -0.25) is 4.79 Å². The average molecular weight is 363 g/mol. The van der Waals surface area contributed by atoms with Gasteiger partial charge in [0.25, 0.3) is 5.91 Å². The molecule has 2 rings (SSSR count). The molecule has 0 aliphatic rings. The molecule has 0 aliphatic heterocycles. The van der Waals surface area contributed by atoms with Gasteiger partial charge in [-0.1, -0.05) is 25.6 Å². The van der Waals surface area contributed by atoms with Crippen LogP contribution in [-0.2, 0) is 13.0 Å². The van der Waals surface area contributed by atoms with E-state index < -0.39 is 0 Å². The fourth-order valence-corrected chi connectivity index (χ4v) is 3.00. The number of ether oxygens (including phenoxy) is 1.